The van der Waals surface area contributed by atoms with E-state index in [1.165, 1.54) is 0 Å². The first-order valence-electron chi connectivity index (χ1n) is 6.73. The molecule has 0 aliphatic carbocycles. The molecule has 1 aromatic rings. The maximum absolute atomic E-state index is 12.3. The van der Waals surface area contributed by atoms with Crippen molar-refractivity contribution in [2.75, 3.05) is 27.2 Å². The molecule has 0 radical (unpaired) electrons. The predicted molar refractivity (Wildman–Crippen MR) is 85.4 cm³/mol. The summed E-state index contributed by atoms with van der Waals surface area (Å²) in [5.74, 6) is 5.69. The van der Waals surface area contributed by atoms with Gasteiger partial charge >= 0.3 is 0 Å². The smallest absolute Gasteiger partial charge is 0.240 e. The summed E-state index contributed by atoms with van der Waals surface area (Å²) >= 11 is 0. The number of aryl methyl sites for hydroxylation is 1. The zero-order valence-corrected chi connectivity index (χ0v) is 13.8. The number of nitrogens with one attached hydrogen (secondary N) is 1. The minimum Gasteiger partial charge on any atom is -0.320 e. The van der Waals surface area contributed by atoms with Crippen LogP contribution in [0.15, 0.2) is 23.1 Å². The highest BCUT2D eigenvalue weighted by Gasteiger charge is 2.18. The van der Waals surface area contributed by atoms with E-state index in [9.17, 15) is 8.42 Å². The molecule has 0 bridgehead atoms. The van der Waals surface area contributed by atoms with Gasteiger partial charge in [0.1, 0.15) is 0 Å². The third-order valence-corrected chi connectivity index (χ3v) is 4.42. The second-order valence-electron chi connectivity index (χ2n) is 5.27. The Balaban J connectivity index is 2.97. The normalized spacial score (nSPS) is 12.9. The van der Waals surface area contributed by atoms with Crippen LogP contribution >= 0.6 is 0 Å². The number of nitrogens with two attached hydrogens (primary N) is 1. The Labute approximate surface area is 127 Å². The van der Waals surface area contributed by atoms with Crippen LogP contribution in [0.4, 0.5) is 0 Å². The van der Waals surface area contributed by atoms with Crippen molar-refractivity contribution in [3.05, 3.63) is 29.3 Å². The number of likely N-dealkylation sites (N-methyl/N-ethyl adjacent to an activating group) is 1. The fourth-order valence-electron chi connectivity index (χ4n) is 2.01. The van der Waals surface area contributed by atoms with Gasteiger partial charge in [0.25, 0.3) is 0 Å². The molecule has 0 heterocycles. The largest absolute Gasteiger partial charge is 0.320 e. The Morgan fingerprint density at radius 1 is 1.38 bits per heavy atom. The highest BCUT2D eigenvalue weighted by atomic mass is 32.2. The maximum atomic E-state index is 12.3. The molecule has 0 fully saturated rings. The van der Waals surface area contributed by atoms with Crippen molar-refractivity contribution in [3.8, 4) is 11.8 Å². The topological polar surface area (TPSA) is 75.4 Å². The Kier molecular flexibility index (Phi) is 6.37. The van der Waals surface area contributed by atoms with Crippen LogP contribution in [0.1, 0.15) is 18.1 Å². The van der Waals surface area contributed by atoms with Crippen molar-refractivity contribution < 1.29 is 8.42 Å². The Morgan fingerprint density at radius 3 is 2.57 bits per heavy atom. The first kappa shape index (κ1) is 17.7. The van der Waals surface area contributed by atoms with E-state index < -0.39 is 10.0 Å². The van der Waals surface area contributed by atoms with Gasteiger partial charge in [0, 0.05) is 18.2 Å². The van der Waals surface area contributed by atoms with E-state index in [1.54, 1.807) is 18.2 Å². The highest BCUT2D eigenvalue weighted by Crippen LogP contribution is 2.15. The van der Waals surface area contributed by atoms with Crippen LogP contribution in [0, 0.1) is 18.8 Å². The number of sulfonamides is 1. The van der Waals surface area contributed by atoms with Crippen molar-refractivity contribution in [2.24, 2.45) is 5.73 Å². The SMILES string of the molecule is Cc1cc(S(=O)(=O)NC(C)CN(C)C)ccc1C#CCN. The van der Waals surface area contributed by atoms with Gasteiger partial charge in [-0.2, -0.15) is 0 Å². The highest BCUT2D eigenvalue weighted by molar-refractivity contribution is 7.89. The van der Waals surface area contributed by atoms with Gasteiger partial charge in [-0.05, 0) is 51.7 Å². The van der Waals surface area contributed by atoms with Crippen LogP contribution in [-0.4, -0.2) is 46.5 Å². The fourth-order valence-corrected chi connectivity index (χ4v) is 3.33. The minimum atomic E-state index is -3.51. The molecule has 0 aliphatic rings. The summed E-state index contributed by atoms with van der Waals surface area (Å²) in [6.45, 7) is 4.59. The average Bonchev–Trinajstić information content (AvgIpc) is 2.35. The molecule has 0 aromatic heterocycles. The molecular formula is C15H23N3O2S. The summed E-state index contributed by atoms with van der Waals surface area (Å²) in [6.07, 6.45) is 0. The molecule has 3 N–H and O–H groups in total. The van der Waals surface area contributed by atoms with E-state index in [4.69, 9.17) is 5.73 Å². The van der Waals surface area contributed by atoms with Gasteiger partial charge < -0.3 is 10.6 Å². The Bertz CT molecular complexity index is 643. The van der Waals surface area contributed by atoms with E-state index in [1.807, 2.05) is 32.8 Å². The zero-order valence-electron chi connectivity index (χ0n) is 13.0. The maximum Gasteiger partial charge on any atom is 0.240 e. The van der Waals surface area contributed by atoms with Crippen LogP contribution in [0.5, 0.6) is 0 Å². The third kappa shape index (κ3) is 5.48. The molecule has 0 saturated heterocycles. The second-order valence-corrected chi connectivity index (χ2v) is 6.98. The van der Waals surface area contributed by atoms with Crippen LogP contribution in [0.3, 0.4) is 0 Å². The van der Waals surface area contributed by atoms with E-state index in [2.05, 4.69) is 16.6 Å². The molecule has 116 valence electrons. The van der Waals surface area contributed by atoms with Gasteiger partial charge in [-0.3, -0.25) is 0 Å². The zero-order chi connectivity index (χ0) is 16.0. The lowest BCUT2D eigenvalue weighted by atomic mass is 10.1. The molecule has 1 unspecified atom stereocenters. The lowest BCUT2D eigenvalue weighted by Crippen LogP contribution is -2.39. The van der Waals surface area contributed by atoms with E-state index >= 15 is 0 Å². The number of hydrogen-bond donors (Lipinski definition) is 2. The van der Waals surface area contributed by atoms with E-state index in [-0.39, 0.29) is 17.5 Å². The lowest BCUT2D eigenvalue weighted by Gasteiger charge is -2.18. The summed E-state index contributed by atoms with van der Waals surface area (Å²) in [4.78, 5) is 2.19. The number of benzene rings is 1. The van der Waals surface area contributed by atoms with Gasteiger partial charge in [-0.1, -0.05) is 11.8 Å². The van der Waals surface area contributed by atoms with Gasteiger partial charge in [-0.25, -0.2) is 13.1 Å². The quantitative estimate of drug-likeness (QED) is 0.778. The van der Waals surface area contributed by atoms with Crippen LogP contribution in [0.2, 0.25) is 0 Å². The summed E-state index contributed by atoms with van der Waals surface area (Å²) in [7, 11) is 0.291. The summed E-state index contributed by atoms with van der Waals surface area (Å²) < 4.78 is 27.3. The van der Waals surface area contributed by atoms with E-state index in [0.717, 1.165) is 11.1 Å². The molecule has 1 aromatic carbocycles. The molecule has 0 aliphatic heterocycles. The third-order valence-electron chi connectivity index (χ3n) is 2.83. The molecule has 6 heteroatoms. The van der Waals surface area contributed by atoms with E-state index in [0.29, 0.717) is 6.54 Å². The van der Waals surface area contributed by atoms with Crippen molar-refractivity contribution >= 4 is 10.0 Å². The molecule has 1 atom stereocenters. The van der Waals surface area contributed by atoms with Gasteiger partial charge in [0.15, 0.2) is 0 Å². The van der Waals surface area contributed by atoms with Crippen LogP contribution in [0.25, 0.3) is 0 Å². The number of rotatable bonds is 5. The van der Waals surface area contributed by atoms with Crippen LogP contribution in [-0.2, 0) is 10.0 Å². The van der Waals surface area contributed by atoms with Gasteiger partial charge in [0.2, 0.25) is 10.0 Å². The lowest BCUT2D eigenvalue weighted by molar-refractivity contribution is 0.370. The summed E-state index contributed by atoms with van der Waals surface area (Å²) in [6, 6.07) is 4.74. The fraction of sp³-hybridized carbons (Fsp3) is 0.467. The van der Waals surface area contributed by atoms with Crippen molar-refractivity contribution in [1.29, 1.82) is 0 Å². The van der Waals surface area contributed by atoms with Crippen molar-refractivity contribution in [2.45, 2.75) is 24.8 Å². The summed E-state index contributed by atoms with van der Waals surface area (Å²) in [5.41, 5.74) is 6.95. The first-order chi connectivity index (χ1) is 9.76. The molecular weight excluding hydrogens is 286 g/mol. The van der Waals surface area contributed by atoms with Crippen LogP contribution < -0.4 is 10.5 Å². The monoisotopic (exact) mass is 309 g/mol. The standard InChI is InChI=1S/C15H23N3O2S/c1-12-10-15(8-7-14(12)6-5-9-16)21(19,20)17-13(2)11-18(3)4/h7-8,10,13,17H,9,11,16H2,1-4H3. The van der Waals surface area contributed by atoms with Gasteiger partial charge in [-0.15, -0.1) is 0 Å². The predicted octanol–water partition coefficient (Wildman–Crippen LogP) is 0.534. The minimum absolute atomic E-state index is 0.165. The molecule has 0 amide bonds. The molecule has 0 saturated carbocycles. The molecule has 5 nitrogen and oxygen atoms in total. The van der Waals surface area contributed by atoms with Crippen molar-refractivity contribution in [1.82, 2.24) is 9.62 Å². The molecule has 1 rings (SSSR count). The number of nitrogens with zero attached hydrogens (tertiary/aromatic N) is 1. The van der Waals surface area contributed by atoms with Crippen molar-refractivity contribution in [3.63, 3.8) is 0 Å². The number of hydrogen-bond acceptors (Lipinski definition) is 4. The summed E-state index contributed by atoms with van der Waals surface area (Å²) in [5, 5.41) is 0. The Hall–Kier alpha value is -1.39. The molecule has 21 heavy (non-hydrogen) atoms. The average molecular weight is 309 g/mol. The second kappa shape index (κ2) is 7.57. The van der Waals surface area contributed by atoms with Gasteiger partial charge in [0.05, 0.1) is 11.4 Å². The molecule has 0 spiro atoms. The first-order valence-corrected chi connectivity index (χ1v) is 8.21. The Morgan fingerprint density at radius 2 is 2.05 bits per heavy atom.